The number of hydrogen-bond acceptors (Lipinski definition) is 4. The zero-order valence-electron chi connectivity index (χ0n) is 34.8. The monoisotopic (exact) mass is 820 g/mol. The number of rotatable bonds is 9. The lowest BCUT2D eigenvalue weighted by molar-refractivity contribution is 0.668. The van der Waals surface area contributed by atoms with Crippen LogP contribution in [0.3, 0.4) is 0 Å². The molecule has 64 heavy (non-hydrogen) atoms. The zero-order valence-corrected chi connectivity index (χ0v) is 34.8. The minimum absolute atomic E-state index is 0.856. The Hall–Kier alpha value is -8.60. The van der Waals surface area contributed by atoms with Gasteiger partial charge in [0.1, 0.15) is 11.2 Å². The van der Waals surface area contributed by atoms with Crippen molar-refractivity contribution in [2.75, 3.05) is 9.80 Å². The summed E-state index contributed by atoms with van der Waals surface area (Å²) < 4.78 is 13.2. The van der Waals surface area contributed by atoms with Crippen molar-refractivity contribution in [3.05, 3.63) is 243 Å². The van der Waals surface area contributed by atoms with Gasteiger partial charge < -0.3 is 18.6 Å². The lowest BCUT2D eigenvalue weighted by atomic mass is 9.89. The molecule has 0 bridgehead atoms. The average molecular weight is 821 g/mol. The van der Waals surface area contributed by atoms with Crippen LogP contribution in [0.2, 0.25) is 0 Å². The van der Waals surface area contributed by atoms with Gasteiger partial charge in [-0.1, -0.05) is 170 Å². The van der Waals surface area contributed by atoms with E-state index in [0.29, 0.717) is 0 Å². The highest BCUT2D eigenvalue weighted by molar-refractivity contribution is 6.11. The molecule has 0 N–H and O–H groups in total. The molecule has 302 valence electrons. The van der Waals surface area contributed by atoms with Gasteiger partial charge in [0.15, 0.2) is 11.2 Å². The van der Waals surface area contributed by atoms with Crippen LogP contribution in [-0.4, -0.2) is 0 Å². The van der Waals surface area contributed by atoms with Gasteiger partial charge in [-0.3, -0.25) is 0 Å². The van der Waals surface area contributed by atoms with Crippen LogP contribution in [0.25, 0.3) is 77.3 Å². The standard InChI is InChI=1S/C60H40N2O2/c1-3-21-43(22-4-1)61(55-35-17-33-53-51-31-11-13-37-57(51)63-59(53)55)45-25-15-19-41(39-45)47-27-7-9-29-49(47)50-30-10-8-28-48(50)42-20-16-26-46(40-42)62(44-23-5-2-6-24-44)56-36-18-34-54-52-32-12-14-38-58(52)64-60(54)56/h1-40H. The third-order valence-corrected chi connectivity index (χ3v) is 12.3. The second-order valence-corrected chi connectivity index (χ2v) is 16.0. The summed E-state index contributed by atoms with van der Waals surface area (Å²) in [7, 11) is 0. The molecule has 0 amide bonds. The summed E-state index contributed by atoms with van der Waals surface area (Å²) in [5, 5.41) is 4.40. The van der Waals surface area contributed by atoms with E-state index in [2.05, 4.69) is 228 Å². The van der Waals surface area contributed by atoms with Gasteiger partial charge in [-0.2, -0.15) is 0 Å². The maximum Gasteiger partial charge on any atom is 0.159 e. The van der Waals surface area contributed by atoms with E-state index in [4.69, 9.17) is 8.83 Å². The molecule has 0 aliphatic carbocycles. The Labute approximate surface area is 371 Å². The molecule has 0 saturated carbocycles. The summed E-state index contributed by atoms with van der Waals surface area (Å²) in [6.07, 6.45) is 0. The minimum atomic E-state index is 0.856. The summed E-state index contributed by atoms with van der Waals surface area (Å²) in [5.74, 6) is 0. The lowest BCUT2D eigenvalue weighted by Crippen LogP contribution is -2.10. The number of nitrogens with zero attached hydrogens (tertiary/aromatic N) is 2. The largest absolute Gasteiger partial charge is 0.454 e. The van der Waals surface area contributed by atoms with Crippen molar-refractivity contribution in [3.8, 4) is 33.4 Å². The number of para-hydroxylation sites is 6. The van der Waals surface area contributed by atoms with Crippen molar-refractivity contribution >= 4 is 78.0 Å². The smallest absolute Gasteiger partial charge is 0.159 e. The number of fused-ring (bicyclic) bond motifs is 6. The van der Waals surface area contributed by atoms with Gasteiger partial charge in [-0.25, -0.2) is 0 Å². The summed E-state index contributed by atoms with van der Waals surface area (Å²) in [6.45, 7) is 0. The van der Waals surface area contributed by atoms with Gasteiger partial charge in [0.2, 0.25) is 0 Å². The first-order valence-corrected chi connectivity index (χ1v) is 21.7. The maximum atomic E-state index is 6.61. The van der Waals surface area contributed by atoms with E-state index < -0.39 is 0 Å². The third-order valence-electron chi connectivity index (χ3n) is 12.3. The number of benzene rings is 10. The molecule has 4 heteroatoms. The van der Waals surface area contributed by atoms with Gasteiger partial charge in [0, 0.05) is 44.3 Å². The molecular formula is C60H40N2O2. The van der Waals surface area contributed by atoms with Gasteiger partial charge in [-0.05, 0) is 106 Å². The van der Waals surface area contributed by atoms with Gasteiger partial charge >= 0.3 is 0 Å². The second kappa shape index (κ2) is 15.7. The average Bonchev–Trinajstić information content (AvgIpc) is 3.95. The van der Waals surface area contributed by atoms with Gasteiger partial charge in [-0.15, -0.1) is 0 Å². The quantitative estimate of drug-likeness (QED) is 0.145. The molecule has 2 heterocycles. The fourth-order valence-electron chi connectivity index (χ4n) is 9.39. The van der Waals surface area contributed by atoms with Gasteiger partial charge in [0.25, 0.3) is 0 Å². The van der Waals surface area contributed by atoms with E-state index in [1.165, 1.54) is 0 Å². The third kappa shape index (κ3) is 6.40. The molecule has 0 radical (unpaired) electrons. The van der Waals surface area contributed by atoms with Crippen molar-refractivity contribution in [1.29, 1.82) is 0 Å². The van der Waals surface area contributed by atoms with Crippen molar-refractivity contribution in [3.63, 3.8) is 0 Å². The van der Waals surface area contributed by atoms with Crippen molar-refractivity contribution in [1.82, 2.24) is 0 Å². The van der Waals surface area contributed by atoms with E-state index in [1.54, 1.807) is 0 Å². The fourth-order valence-corrected chi connectivity index (χ4v) is 9.39. The molecule has 0 saturated heterocycles. The Morgan fingerprint density at radius 3 is 1.05 bits per heavy atom. The first-order chi connectivity index (χ1) is 31.8. The zero-order chi connectivity index (χ0) is 42.4. The predicted octanol–water partition coefficient (Wildman–Crippen LogP) is 17.4. The first-order valence-electron chi connectivity index (χ1n) is 21.7. The van der Waals surface area contributed by atoms with Crippen LogP contribution < -0.4 is 9.80 Å². The predicted molar refractivity (Wildman–Crippen MR) is 267 cm³/mol. The molecule has 0 aliphatic heterocycles. The van der Waals surface area contributed by atoms with Crippen molar-refractivity contribution < 1.29 is 8.83 Å². The highest BCUT2D eigenvalue weighted by Gasteiger charge is 2.22. The molecule has 0 spiro atoms. The van der Waals surface area contributed by atoms with E-state index in [1.807, 2.05) is 24.3 Å². The molecule has 4 nitrogen and oxygen atoms in total. The topological polar surface area (TPSA) is 32.8 Å². The first kappa shape index (κ1) is 37.2. The maximum absolute atomic E-state index is 6.61. The summed E-state index contributed by atoms with van der Waals surface area (Å²) in [6, 6.07) is 85.7. The molecule has 0 aliphatic rings. The normalized spacial score (nSPS) is 11.4. The van der Waals surface area contributed by atoms with Crippen LogP contribution in [0.4, 0.5) is 34.1 Å². The Kier molecular flexibility index (Phi) is 9.12. The lowest BCUT2D eigenvalue weighted by Gasteiger charge is -2.26. The van der Waals surface area contributed by atoms with Crippen LogP contribution >= 0.6 is 0 Å². The molecule has 10 aromatic carbocycles. The Morgan fingerprint density at radius 1 is 0.250 bits per heavy atom. The fraction of sp³-hybridized carbons (Fsp3) is 0. The molecule has 12 aromatic rings. The number of hydrogen-bond donors (Lipinski definition) is 0. The summed E-state index contributed by atoms with van der Waals surface area (Å²) in [5.41, 5.74) is 16.4. The summed E-state index contributed by atoms with van der Waals surface area (Å²) in [4.78, 5) is 4.61. The van der Waals surface area contributed by atoms with Crippen molar-refractivity contribution in [2.24, 2.45) is 0 Å². The van der Waals surface area contributed by atoms with Crippen LogP contribution in [-0.2, 0) is 0 Å². The number of anilines is 6. The molecule has 12 rings (SSSR count). The molecular weight excluding hydrogens is 781 g/mol. The number of furan rings is 2. The minimum Gasteiger partial charge on any atom is -0.454 e. The SMILES string of the molecule is c1ccc(N(c2cccc(-c3ccccc3-c3ccccc3-c3cccc(N(c4ccccc4)c4cccc5c4oc4ccccc45)c3)c2)c2cccc3c2oc2ccccc23)cc1. The highest BCUT2D eigenvalue weighted by Crippen LogP contribution is 2.46. The highest BCUT2D eigenvalue weighted by atomic mass is 16.3. The van der Waals surface area contributed by atoms with Crippen molar-refractivity contribution in [2.45, 2.75) is 0 Å². The van der Waals surface area contributed by atoms with Crippen LogP contribution in [0.1, 0.15) is 0 Å². The molecule has 0 unspecified atom stereocenters. The van der Waals surface area contributed by atoms with Crippen LogP contribution in [0, 0.1) is 0 Å². The van der Waals surface area contributed by atoms with E-state index >= 15 is 0 Å². The molecule has 0 fully saturated rings. The summed E-state index contributed by atoms with van der Waals surface area (Å²) >= 11 is 0. The van der Waals surface area contributed by atoms with E-state index in [-0.39, 0.29) is 0 Å². The second-order valence-electron chi connectivity index (χ2n) is 16.0. The molecule has 2 aromatic heterocycles. The molecule has 0 atom stereocenters. The van der Waals surface area contributed by atoms with E-state index in [0.717, 1.165) is 111 Å². The van der Waals surface area contributed by atoms with Crippen LogP contribution in [0.5, 0.6) is 0 Å². The van der Waals surface area contributed by atoms with E-state index in [9.17, 15) is 0 Å². The Morgan fingerprint density at radius 2 is 0.594 bits per heavy atom. The van der Waals surface area contributed by atoms with Crippen LogP contribution in [0.15, 0.2) is 251 Å². The Bertz CT molecular complexity index is 3400. The Balaban J connectivity index is 0.977. The van der Waals surface area contributed by atoms with Gasteiger partial charge in [0.05, 0.1) is 11.4 Å².